The normalized spacial score (nSPS) is 15.2. The summed E-state index contributed by atoms with van der Waals surface area (Å²) in [5.74, 6) is 0. The van der Waals surface area contributed by atoms with E-state index in [0.29, 0.717) is 15.4 Å². The van der Waals surface area contributed by atoms with E-state index < -0.39 is 9.84 Å². The van der Waals surface area contributed by atoms with Crippen LogP contribution >= 0.6 is 0 Å². The van der Waals surface area contributed by atoms with Crippen molar-refractivity contribution in [3.05, 3.63) is 65.6 Å². The molecule has 0 fully saturated rings. The molecule has 1 aromatic carbocycles. The third-order valence-corrected chi connectivity index (χ3v) is 6.52. The average Bonchev–Trinajstić information content (AvgIpc) is 3.16. The van der Waals surface area contributed by atoms with E-state index >= 15 is 0 Å². The number of imidazole rings is 1. The van der Waals surface area contributed by atoms with Gasteiger partial charge in [-0.25, -0.2) is 13.4 Å². The van der Waals surface area contributed by atoms with Gasteiger partial charge in [0.1, 0.15) is 5.65 Å². The van der Waals surface area contributed by atoms with Gasteiger partial charge in [-0.2, -0.15) is 0 Å². The topological polar surface area (TPSA) is 76.4 Å². The van der Waals surface area contributed by atoms with Gasteiger partial charge in [0, 0.05) is 52.5 Å². The van der Waals surface area contributed by atoms with Gasteiger partial charge in [0.2, 0.25) is 9.84 Å². The smallest absolute Gasteiger partial charge is 0.203 e. The Morgan fingerprint density at radius 2 is 1.92 bits per heavy atom. The molecule has 1 N–H and O–H groups in total. The van der Waals surface area contributed by atoms with Gasteiger partial charge in [-0.15, -0.1) is 0 Å². The minimum absolute atomic E-state index is 0.335. The number of nitrogens with one attached hydrogen (secondary N) is 1. The van der Waals surface area contributed by atoms with Gasteiger partial charge in [-0.3, -0.25) is 4.98 Å². The maximum absolute atomic E-state index is 12.5. The first-order valence-corrected chi connectivity index (χ1v) is 9.57. The van der Waals surface area contributed by atoms with E-state index in [4.69, 9.17) is 0 Å². The molecule has 1 aliphatic heterocycles. The number of nitrogens with zero attached hydrogens (tertiary/aromatic N) is 3. The lowest BCUT2D eigenvalue weighted by Gasteiger charge is -2.11. The van der Waals surface area contributed by atoms with Gasteiger partial charge in [-0.1, -0.05) is 0 Å². The number of pyridine rings is 2. The molecule has 0 aliphatic carbocycles. The number of anilines is 2. The highest BCUT2D eigenvalue weighted by atomic mass is 32.2. The zero-order chi connectivity index (χ0) is 17.9. The second kappa shape index (κ2) is 5.15. The van der Waals surface area contributed by atoms with Crippen molar-refractivity contribution >= 4 is 43.8 Å². The van der Waals surface area contributed by atoms with E-state index in [9.17, 15) is 8.42 Å². The molecule has 0 bridgehead atoms. The van der Waals surface area contributed by atoms with E-state index in [-0.39, 0.29) is 0 Å². The first-order valence-electron chi connectivity index (χ1n) is 8.08. The molecule has 26 heavy (non-hydrogen) atoms. The van der Waals surface area contributed by atoms with Gasteiger partial charge >= 0.3 is 0 Å². The molecule has 0 unspecified atom stereocenters. The van der Waals surface area contributed by atoms with Crippen LogP contribution in [0.25, 0.3) is 22.6 Å². The Kier molecular flexibility index (Phi) is 2.99. The van der Waals surface area contributed by atoms with Crippen molar-refractivity contribution in [3.8, 4) is 0 Å². The molecule has 6 nitrogen and oxygen atoms in total. The van der Waals surface area contributed by atoms with E-state index in [1.54, 1.807) is 31.5 Å². The minimum Gasteiger partial charge on any atom is -0.355 e. The number of sulfone groups is 1. The molecular formula is C19H14N4O2S. The summed E-state index contributed by atoms with van der Waals surface area (Å²) in [4.78, 5) is 9.38. The van der Waals surface area contributed by atoms with E-state index in [1.165, 1.54) is 0 Å². The Morgan fingerprint density at radius 3 is 2.81 bits per heavy atom. The van der Waals surface area contributed by atoms with Gasteiger partial charge in [-0.05, 0) is 42.8 Å². The van der Waals surface area contributed by atoms with Crippen LogP contribution in [0.3, 0.4) is 0 Å². The highest BCUT2D eigenvalue weighted by molar-refractivity contribution is 7.95. The number of hydrogen-bond donors (Lipinski definition) is 1. The van der Waals surface area contributed by atoms with Crippen LogP contribution in [0, 0.1) is 0 Å². The highest BCUT2D eigenvalue weighted by Crippen LogP contribution is 2.37. The lowest BCUT2D eigenvalue weighted by atomic mass is 10.1. The quantitative estimate of drug-likeness (QED) is 0.587. The summed E-state index contributed by atoms with van der Waals surface area (Å²) in [6, 6.07) is 9.24. The molecule has 0 spiro atoms. The number of hydrogen-bond acceptors (Lipinski definition) is 5. The van der Waals surface area contributed by atoms with E-state index in [1.807, 2.05) is 41.1 Å². The van der Waals surface area contributed by atoms with Crippen LogP contribution in [0.15, 0.2) is 64.9 Å². The standard InChI is InChI=1S/C19H14N4O2S/c1-12-8-13-9-17-15(11-18(13)26(12,24)25)16(2-4-20-17)22-14-3-6-23-7-5-21-19(23)10-14/h2-11H,1H3,(H,20,22). The Balaban J connectivity index is 1.66. The van der Waals surface area contributed by atoms with Crippen LogP contribution < -0.4 is 5.32 Å². The molecule has 0 saturated carbocycles. The monoisotopic (exact) mass is 362 g/mol. The summed E-state index contributed by atoms with van der Waals surface area (Å²) in [5, 5.41) is 4.12. The first kappa shape index (κ1) is 15.1. The molecule has 0 amide bonds. The fourth-order valence-electron chi connectivity index (χ4n) is 3.26. The fraction of sp³-hybridized carbons (Fsp3) is 0.0526. The zero-order valence-electron chi connectivity index (χ0n) is 13.8. The summed E-state index contributed by atoms with van der Waals surface area (Å²) in [5.41, 5.74) is 3.94. The maximum atomic E-state index is 12.5. The molecule has 7 heteroatoms. The molecule has 1 aliphatic rings. The van der Waals surface area contributed by atoms with Crippen molar-refractivity contribution in [3.63, 3.8) is 0 Å². The maximum Gasteiger partial charge on any atom is 0.203 e. The zero-order valence-corrected chi connectivity index (χ0v) is 14.7. The highest BCUT2D eigenvalue weighted by Gasteiger charge is 2.27. The summed E-state index contributed by atoms with van der Waals surface area (Å²) >= 11 is 0. The number of benzene rings is 1. The summed E-state index contributed by atoms with van der Waals surface area (Å²) in [6.45, 7) is 1.62. The van der Waals surface area contributed by atoms with Crippen LogP contribution in [-0.4, -0.2) is 22.8 Å². The minimum atomic E-state index is -3.39. The molecule has 0 atom stereocenters. The molecule has 0 radical (unpaired) electrons. The molecule has 0 saturated heterocycles. The van der Waals surface area contributed by atoms with Gasteiger partial charge in [0.05, 0.1) is 10.4 Å². The van der Waals surface area contributed by atoms with Gasteiger partial charge in [0.15, 0.2) is 0 Å². The van der Waals surface area contributed by atoms with Crippen molar-refractivity contribution in [2.75, 3.05) is 5.32 Å². The van der Waals surface area contributed by atoms with Gasteiger partial charge < -0.3 is 9.72 Å². The van der Waals surface area contributed by atoms with Crippen molar-refractivity contribution < 1.29 is 8.42 Å². The van der Waals surface area contributed by atoms with Crippen LogP contribution in [0.1, 0.15) is 12.5 Å². The van der Waals surface area contributed by atoms with Crippen molar-refractivity contribution in [1.82, 2.24) is 14.4 Å². The average molecular weight is 362 g/mol. The SMILES string of the molecule is CC1=Cc2cc3nccc(Nc4ccn5ccnc5c4)c3cc2S1(=O)=O. The lowest BCUT2D eigenvalue weighted by molar-refractivity contribution is 0.603. The van der Waals surface area contributed by atoms with Crippen LogP contribution in [0.5, 0.6) is 0 Å². The predicted molar refractivity (Wildman–Crippen MR) is 101 cm³/mol. The lowest BCUT2D eigenvalue weighted by Crippen LogP contribution is -1.99. The van der Waals surface area contributed by atoms with Crippen molar-refractivity contribution in [1.29, 1.82) is 0 Å². The number of rotatable bonds is 2. The van der Waals surface area contributed by atoms with E-state index in [0.717, 1.165) is 27.9 Å². The van der Waals surface area contributed by atoms with Crippen molar-refractivity contribution in [2.45, 2.75) is 11.8 Å². The van der Waals surface area contributed by atoms with E-state index in [2.05, 4.69) is 15.3 Å². The third kappa shape index (κ3) is 2.14. The second-order valence-electron chi connectivity index (χ2n) is 6.26. The Labute approximate surface area is 149 Å². The largest absolute Gasteiger partial charge is 0.355 e. The molecule has 128 valence electrons. The van der Waals surface area contributed by atoms with Gasteiger partial charge in [0.25, 0.3) is 0 Å². The number of aromatic nitrogens is 3. The molecular weight excluding hydrogens is 348 g/mol. The Morgan fingerprint density at radius 1 is 1.04 bits per heavy atom. The van der Waals surface area contributed by atoms with Crippen LogP contribution in [0.2, 0.25) is 0 Å². The number of allylic oxidation sites excluding steroid dienone is 1. The summed E-state index contributed by atoms with van der Waals surface area (Å²) in [7, 11) is -3.39. The number of fused-ring (bicyclic) bond motifs is 3. The van der Waals surface area contributed by atoms with Crippen LogP contribution in [0.4, 0.5) is 11.4 Å². The molecule has 3 aromatic heterocycles. The fourth-order valence-corrected chi connectivity index (χ4v) is 4.59. The Bertz CT molecular complexity index is 1340. The van der Waals surface area contributed by atoms with Crippen molar-refractivity contribution in [2.24, 2.45) is 0 Å². The molecule has 4 aromatic rings. The second-order valence-corrected chi connectivity index (χ2v) is 8.35. The summed E-state index contributed by atoms with van der Waals surface area (Å²) in [6.07, 6.45) is 8.95. The Hall–Kier alpha value is -3.19. The molecule has 4 heterocycles. The predicted octanol–water partition coefficient (Wildman–Crippen LogP) is 3.77. The summed E-state index contributed by atoms with van der Waals surface area (Å²) < 4.78 is 26.9. The first-order chi connectivity index (χ1) is 12.5. The van der Waals surface area contributed by atoms with Crippen LogP contribution in [-0.2, 0) is 9.84 Å². The molecule has 5 rings (SSSR count). The third-order valence-electron chi connectivity index (χ3n) is 4.62.